The number of alkyl halides is 1. The monoisotopic (exact) mass is 314 g/mol. The number of hydrogen-bond donors (Lipinski definition) is 0. The van der Waals surface area contributed by atoms with Gasteiger partial charge in [-0.15, -0.1) is 0 Å². The van der Waals surface area contributed by atoms with Crippen LogP contribution in [0.25, 0.3) is 0 Å². The van der Waals surface area contributed by atoms with E-state index in [9.17, 15) is 0 Å². The lowest BCUT2D eigenvalue weighted by molar-refractivity contribution is 0.416. The predicted molar refractivity (Wildman–Crippen MR) is 78.9 cm³/mol. The van der Waals surface area contributed by atoms with Crippen molar-refractivity contribution < 1.29 is 4.74 Å². The third kappa shape index (κ3) is 2.77. The van der Waals surface area contributed by atoms with Crippen LogP contribution in [0.4, 0.5) is 5.69 Å². The molecule has 0 radical (unpaired) electrons. The molecule has 2 rings (SSSR count). The molecule has 5 heteroatoms. The van der Waals surface area contributed by atoms with Crippen molar-refractivity contribution in [3.63, 3.8) is 0 Å². The first-order chi connectivity index (χ1) is 8.26. The Bertz CT molecular complexity index is 425. The summed E-state index contributed by atoms with van der Waals surface area (Å²) in [5, 5.41) is 2.57. The molecule has 1 unspecified atom stereocenters. The fraction of sp³-hybridized carbons (Fsp3) is 0.417. The molecule has 0 fully saturated rings. The molecule has 1 heterocycles. The number of amidine groups is 1. The molecule has 1 aromatic rings. The van der Waals surface area contributed by atoms with Crippen molar-refractivity contribution in [3.05, 3.63) is 24.3 Å². The molecule has 0 saturated heterocycles. The van der Waals surface area contributed by atoms with E-state index in [-0.39, 0.29) is 0 Å². The first-order valence-electron chi connectivity index (χ1n) is 5.40. The number of methoxy groups -OCH3 is 1. The van der Waals surface area contributed by atoms with Crippen LogP contribution in [0.3, 0.4) is 0 Å². The maximum atomic E-state index is 5.36. The van der Waals surface area contributed by atoms with Crippen LogP contribution in [0.1, 0.15) is 0 Å². The second-order valence-electron chi connectivity index (χ2n) is 3.75. The van der Waals surface area contributed by atoms with Crippen molar-refractivity contribution in [1.82, 2.24) is 0 Å². The van der Waals surface area contributed by atoms with Crippen molar-refractivity contribution in [3.8, 4) is 5.75 Å². The van der Waals surface area contributed by atoms with Gasteiger partial charge in [-0.1, -0.05) is 39.8 Å². The smallest absolute Gasteiger partial charge is 0.163 e. The summed E-state index contributed by atoms with van der Waals surface area (Å²) in [6.45, 7) is 0.880. The van der Waals surface area contributed by atoms with Gasteiger partial charge < -0.3 is 9.64 Å². The van der Waals surface area contributed by atoms with E-state index in [0.29, 0.717) is 5.25 Å². The average molecular weight is 315 g/mol. The lowest BCUT2D eigenvalue weighted by Gasteiger charge is -2.21. The summed E-state index contributed by atoms with van der Waals surface area (Å²) >= 11 is 5.31. The van der Waals surface area contributed by atoms with E-state index >= 15 is 0 Å². The van der Waals surface area contributed by atoms with Crippen LogP contribution in [0.15, 0.2) is 29.3 Å². The Kier molecular flexibility index (Phi) is 4.34. The Balaban J connectivity index is 2.17. The highest BCUT2D eigenvalue weighted by Gasteiger charge is 2.23. The molecule has 1 aliphatic heterocycles. The number of aliphatic imine (C=N–C) groups is 1. The number of halogens is 1. The van der Waals surface area contributed by atoms with Crippen LogP contribution in [0.5, 0.6) is 5.75 Å². The molecule has 0 aromatic heterocycles. The molecule has 1 aromatic carbocycles. The second kappa shape index (κ2) is 5.78. The van der Waals surface area contributed by atoms with E-state index in [0.717, 1.165) is 28.5 Å². The molecule has 0 bridgehead atoms. The third-order valence-electron chi connectivity index (χ3n) is 2.61. The minimum Gasteiger partial charge on any atom is -0.495 e. The highest BCUT2D eigenvalue weighted by atomic mass is 79.9. The lowest BCUT2D eigenvalue weighted by Crippen LogP contribution is -2.23. The van der Waals surface area contributed by atoms with Crippen molar-refractivity contribution in [2.24, 2.45) is 4.99 Å². The van der Waals surface area contributed by atoms with Gasteiger partial charge in [0.05, 0.1) is 19.3 Å². The minimum atomic E-state index is 0.544. The van der Waals surface area contributed by atoms with Crippen molar-refractivity contribution in [1.29, 1.82) is 0 Å². The summed E-state index contributed by atoms with van der Waals surface area (Å²) in [6, 6.07) is 7.99. The molecule has 1 atom stereocenters. The average Bonchev–Trinajstić information content (AvgIpc) is 2.86. The Labute approximate surface area is 114 Å². The van der Waals surface area contributed by atoms with E-state index in [2.05, 4.69) is 25.8 Å². The van der Waals surface area contributed by atoms with Gasteiger partial charge in [-0.25, -0.2) is 0 Å². The van der Waals surface area contributed by atoms with Crippen LogP contribution in [-0.2, 0) is 0 Å². The summed E-state index contributed by atoms with van der Waals surface area (Å²) in [5.74, 6) is 0.876. The number of hydrogen-bond acceptors (Lipinski definition) is 4. The number of benzene rings is 1. The normalized spacial score (nSPS) is 19.0. The van der Waals surface area contributed by atoms with E-state index in [4.69, 9.17) is 4.74 Å². The number of thioether (sulfide) groups is 1. The number of para-hydroxylation sites is 2. The summed E-state index contributed by atoms with van der Waals surface area (Å²) in [7, 11) is 3.72. The van der Waals surface area contributed by atoms with Gasteiger partial charge in [0.1, 0.15) is 5.75 Å². The Morgan fingerprint density at radius 2 is 2.29 bits per heavy atom. The number of nitrogens with zero attached hydrogens (tertiary/aromatic N) is 2. The van der Waals surface area contributed by atoms with E-state index in [1.807, 2.05) is 31.3 Å². The first-order valence-corrected chi connectivity index (χ1v) is 7.40. The molecule has 1 aliphatic rings. The summed E-state index contributed by atoms with van der Waals surface area (Å²) < 4.78 is 5.36. The standard InChI is InChI=1S/C12H15BrN2OS/c1-15(12-14-8-9(7-13)17-12)10-5-3-4-6-11(10)16-2/h3-6,9H,7-8H2,1-2H3. The third-order valence-corrected chi connectivity index (χ3v) is 5.08. The van der Waals surface area contributed by atoms with Gasteiger partial charge in [-0.05, 0) is 12.1 Å². The largest absolute Gasteiger partial charge is 0.495 e. The number of ether oxygens (including phenoxy) is 1. The van der Waals surface area contributed by atoms with Crippen LogP contribution in [0, 0.1) is 0 Å². The molecule has 0 saturated carbocycles. The summed E-state index contributed by atoms with van der Waals surface area (Å²) in [6.07, 6.45) is 0. The maximum Gasteiger partial charge on any atom is 0.163 e. The zero-order chi connectivity index (χ0) is 12.3. The van der Waals surface area contributed by atoms with Crippen molar-refractivity contribution >= 4 is 38.5 Å². The van der Waals surface area contributed by atoms with Crippen LogP contribution >= 0.6 is 27.7 Å². The van der Waals surface area contributed by atoms with Gasteiger partial charge in [0.25, 0.3) is 0 Å². The second-order valence-corrected chi connectivity index (χ2v) is 5.66. The zero-order valence-electron chi connectivity index (χ0n) is 9.89. The van der Waals surface area contributed by atoms with Gasteiger partial charge >= 0.3 is 0 Å². The van der Waals surface area contributed by atoms with Crippen LogP contribution in [-0.4, -0.2) is 36.4 Å². The van der Waals surface area contributed by atoms with Crippen LogP contribution < -0.4 is 9.64 Å². The Morgan fingerprint density at radius 3 is 2.94 bits per heavy atom. The lowest BCUT2D eigenvalue weighted by atomic mass is 10.3. The van der Waals surface area contributed by atoms with E-state index in [1.54, 1.807) is 18.9 Å². The fourth-order valence-corrected chi connectivity index (χ4v) is 3.20. The van der Waals surface area contributed by atoms with Crippen molar-refractivity contribution in [2.75, 3.05) is 30.9 Å². The molecule has 0 amide bonds. The quantitative estimate of drug-likeness (QED) is 0.802. The van der Waals surface area contributed by atoms with Gasteiger partial charge in [0.15, 0.2) is 5.17 Å². The first kappa shape index (κ1) is 12.8. The van der Waals surface area contributed by atoms with Gasteiger partial charge in [0, 0.05) is 17.6 Å². The molecule has 0 N–H and O–H groups in total. The van der Waals surface area contributed by atoms with Crippen molar-refractivity contribution in [2.45, 2.75) is 5.25 Å². The molecule has 0 aliphatic carbocycles. The van der Waals surface area contributed by atoms with Gasteiger partial charge in [-0.3, -0.25) is 4.99 Å². The Hall–Kier alpha value is -0.680. The molecule has 17 heavy (non-hydrogen) atoms. The summed E-state index contributed by atoms with van der Waals surface area (Å²) in [5.41, 5.74) is 1.05. The van der Waals surface area contributed by atoms with Gasteiger partial charge in [-0.2, -0.15) is 0 Å². The highest BCUT2D eigenvalue weighted by Crippen LogP contribution is 2.32. The summed E-state index contributed by atoms with van der Waals surface area (Å²) in [4.78, 5) is 6.65. The van der Waals surface area contributed by atoms with Gasteiger partial charge in [0.2, 0.25) is 0 Å². The Morgan fingerprint density at radius 1 is 1.53 bits per heavy atom. The molecule has 0 spiro atoms. The van der Waals surface area contributed by atoms with Crippen LogP contribution in [0.2, 0.25) is 0 Å². The topological polar surface area (TPSA) is 24.8 Å². The molecular formula is C12H15BrN2OS. The minimum absolute atomic E-state index is 0.544. The molecule has 3 nitrogen and oxygen atoms in total. The fourth-order valence-electron chi connectivity index (χ4n) is 1.68. The predicted octanol–water partition coefficient (Wildman–Crippen LogP) is 3.00. The highest BCUT2D eigenvalue weighted by molar-refractivity contribution is 9.09. The van der Waals surface area contributed by atoms with E-state index < -0.39 is 0 Å². The SMILES string of the molecule is COc1ccccc1N(C)C1=NCC(CBr)S1. The molecule has 92 valence electrons. The zero-order valence-corrected chi connectivity index (χ0v) is 12.3. The number of anilines is 1. The van der Waals surface area contributed by atoms with E-state index in [1.165, 1.54) is 0 Å². The molecular weight excluding hydrogens is 300 g/mol. The maximum absolute atomic E-state index is 5.36. The number of rotatable bonds is 3.